The largest absolute Gasteiger partial charge is 0.316 e. The van der Waals surface area contributed by atoms with Gasteiger partial charge in [-0.15, -0.1) is 0 Å². The molecule has 0 aliphatic carbocycles. The Balaban J connectivity index is 2.56. The van der Waals surface area contributed by atoms with E-state index in [2.05, 4.69) is 57.1 Å². The van der Waals surface area contributed by atoms with Gasteiger partial charge in [-0.3, -0.25) is 4.90 Å². The molecule has 0 heterocycles. The lowest BCUT2D eigenvalue weighted by Crippen LogP contribution is -2.40. The highest BCUT2D eigenvalue weighted by molar-refractivity contribution is 6.30. The van der Waals surface area contributed by atoms with Crippen LogP contribution in [0.4, 0.5) is 0 Å². The molecule has 0 radical (unpaired) electrons. The molecule has 0 spiro atoms. The number of nitrogens with zero attached hydrogens (tertiary/aromatic N) is 1. The van der Waals surface area contributed by atoms with Gasteiger partial charge in [0.2, 0.25) is 0 Å². The average molecular weight is 297 g/mol. The summed E-state index contributed by atoms with van der Waals surface area (Å²) in [6.45, 7) is 12.3. The first-order valence-electron chi connectivity index (χ1n) is 7.52. The minimum atomic E-state index is 0.268. The summed E-state index contributed by atoms with van der Waals surface area (Å²) in [6, 6.07) is 8.57. The number of halogens is 1. The SMILES string of the molecule is CCCNCC(C)(C)CN(C)C(C)c1ccc(Cl)cc1. The summed E-state index contributed by atoms with van der Waals surface area (Å²) in [4.78, 5) is 2.41. The van der Waals surface area contributed by atoms with Crippen LogP contribution in [0.1, 0.15) is 45.7 Å². The molecule has 0 fully saturated rings. The minimum absolute atomic E-state index is 0.268. The van der Waals surface area contributed by atoms with Crippen molar-refractivity contribution < 1.29 is 0 Å². The molecule has 0 saturated heterocycles. The number of hydrogen-bond acceptors (Lipinski definition) is 2. The quantitative estimate of drug-likeness (QED) is 0.717. The van der Waals surface area contributed by atoms with Crippen LogP contribution in [0.5, 0.6) is 0 Å². The van der Waals surface area contributed by atoms with Gasteiger partial charge in [-0.05, 0) is 50.0 Å². The molecule has 0 saturated carbocycles. The van der Waals surface area contributed by atoms with E-state index >= 15 is 0 Å². The Kier molecular flexibility index (Phi) is 7.01. The van der Waals surface area contributed by atoms with Crippen LogP contribution >= 0.6 is 11.6 Å². The minimum Gasteiger partial charge on any atom is -0.316 e. The normalized spacial score (nSPS) is 13.8. The molecule has 0 aromatic heterocycles. The van der Waals surface area contributed by atoms with Crippen molar-refractivity contribution in [1.82, 2.24) is 10.2 Å². The van der Waals surface area contributed by atoms with Gasteiger partial charge < -0.3 is 5.32 Å². The predicted octanol–water partition coefficient (Wildman–Crippen LogP) is 4.36. The summed E-state index contributed by atoms with van der Waals surface area (Å²) in [5.41, 5.74) is 1.58. The van der Waals surface area contributed by atoms with E-state index in [-0.39, 0.29) is 5.41 Å². The molecule has 1 atom stereocenters. The predicted molar refractivity (Wildman–Crippen MR) is 89.4 cm³/mol. The van der Waals surface area contributed by atoms with Crippen LogP contribution in [0.2, 0.25) is 5.02 Å². The maximum atomic E-state index is 5.95. The van der Waals surface area contributed by atoms with Gasteiger partial charge in [0.05, 0.1) is 0 Å². The highest BCUT2D eigenvalue weighted by Gasteiger charge is 2.22. The van der Waals surface area contributed by atoms with Crippen LogP contribution in [0, 0.1) is 5.41 Å². The molecular formula is C17H29ClN2. The summed E-state index contributed by atoms with van der Waals surface area (Å²) in [5.74, 6) is 0. The van der Waals surface area contributed by atoms with E-state index in [0.717, 1.165) is 24.7 Å². The molecule has 0 aliphatic rings. The molecule has 3 heteroatoms. The fourth-order valence-electron chi connectivity index (χ4n) is 2.47. The first kappa shape index (κ1) is 17.5. The van der Waals surface area contributed by atoms with Gasteiger partial charge in [-0.25, -0.2) is 0 Å². The molecule has 1 rings (SSSR count). The maximum Gasteiger partial charge on any atom is 0.0406 e. The monoisotopic (exact) mass is 296 g/mol. The van der Waals surface area contributed by atoms with Crippen molar-refractivity contribution in [2.45, 2.75) is 40.2 Å². The molecule has 114 valence electrons. The van der Waals surface area contributed by atoms with E-state index in [1.165, 1.54) is 12.0 Å². The number of nitrogens with one attached hydrogen (secondary N) is 1. The highest BCUT2D eigenvalue weighted by Crippen LogP contribution is 2.24. The third-order valence-electron chi connectivity index (χ3n) is 3.72. The Morgan fingerprint density at radius 3 is 2.40 bits per heavy atom. The molecule has 1 unspecified atom stereocenters. The van der Waals surface area contributed by atoms with Gasteiger partial charge in [-0.2, -0.15) is 0 Å². The zero-order valence-electron chi connectivity index (χ0n) is 13.5. The second kappa shape index (κ2) is 8.02. The Hall–Kier alpha value is -0.570. The molecule has 0 amide bonds. The summed E-state index contributed by atoms with van der Waals surface area (Å²) in [5, 5.41) is 4.32. The lowest BCUT2D eigenvalue weighted by Gasteiger charge is -2.34. The fourth-order valence-corrected chi connectivity index (χ4v) is 2.59. The van der Waals surface area contributed by atoms with E-state index < -0.39 is 0 Å². The van der Waals surface area contributed by atoms with Crippen LogP contribution < -0.4 is 5.32 Å². The van der Waals surface area contributed by atoms with Crippen LogP contribution in [-0.4, -0.2) is 31.6 Å². The fraction of sp³-hybridized carbons (Fsp3) is 0.647. The number of hydrogen-bond donors (Lipinski definition) is 1. The van der Waals surface area contributed by atoms with Crippen molar-refractivity contribution in [2.24, 2.45) is 5.41 Å². The first-order valence-corrected chi connectivity index (χ1v) is 7.90. The van der Waals surface area contributed by atoms with Gasteiger partial charge in [0.25, 0.3) is 0 Å². The molecule has 1 aromatic rings. The van der Waals surface area contributed by atoms with Crippen LogP contribution in [0.15, 0.2) is 24.3 Å². The van der Waals surface area contributed by atoms with E-state index in [4.69, 9.17) is 11.6 Å². The van der Waals surface area contributed by atoms with Crippen molar-refractivity contribution in [3.05, 3.63) is 34.9 Å². The third kappa shape index (κ3) is 5.82. The smallest absolute Gasteiger partial charge is 0.0406 e. The summed E-state index contributed by atoms with van der Waals surface area (Å²) >= 11 is 5.95. The highest BCUT2D eigenvalue weighted by atomic mass is 35.5. The van der Waals surface area contributed by atoms with Gasteiger partial charge in [-0.1, -0.05) is 44.5 Å². The third-order valence-corrected chi connectivity index (χ3v) is 3.97. The van der Waals surface area contributed by atoms with Crippen molar-refractivity contribution in [1.29, 1.82) is 0 Å². The standard InChI is InChI=1S/C17H29ClN2/c1-6-11-19-12-17(3,4)13-20(5)14(2)15-7-9-16(18)10-8-15/h7-10,14,19H,6,11-13H2,1-5H3. The van der Waals surface area contributed by atoms with Crippen LogP contribution in [0.25, 0.3) is 0 Å². The van der Waals surface area contributed by atoms with E-state index in [9.17, 15) is 0 Å². The summed E-state index contributed by atoms with van der Waals surface area (Å²) in [7, 11) is 2.20. The molecule has 1 aromatic carbocycles. The number of rotatable bonds is 8. The van der Waals surface area contributed by atoms with Gasteiger partial charge >= 0.3 is 0 Å². The Morgan fingerprint density at radius 2 is 1.85 bits per heavy atom. The second-order valence-corrected chi connectivity index (χ2v) is 6.92. The summed E-state index contributed by atoms with van der Waals surface area (Å²) in [6.07, 6.45) is 1.19. The zero-order chi connectivity index (χ0) is 15.2. The molecule has 20 heavy (non-hydrogen) atoms. The molecule has 0 aliphatic heterocycles. The Bertz CT molecular complexity index is 386. The molecule has 2 nitrogen and oxygen atoms in total. The topological polar surface area (TPSA) is 15.3 Å². The van der Waals surface area contributed by atoms with Gasteiger partial charge in [0.15, 0.2) is 0 Å². The van der Waals surface area contributed by atoms with Crippen molar-refractivity contribution in [2.75, 3.05) is 26.7 Å². The van der Waals surface area contributed by atoms with Crippen molar-refractivity contribution in [3.8, 4) is 0 Å². The van der Waals surface area contributed by atoms with E-state index in [0.29, 0.717) is 6.04 Å². The van der Waals surface area contributed by atoms with Crippen molar-refractivity contribution in [3.63, 3.8) is 0 Å². The average Bonchev–Trinajstić information content (AvgIpc) is 2.38. The van der Waals surface area contributed by atoms with Crippen LogP contribution in [0.3, 0.4) is 0 Å². The first-order chi connectivity index (χ1) is 9.35. The Morgan fingerprint density at radius 1 is 1.25 bits per heavy atom. The van der Waals surface area contributed by atoms with E-state index in [1.54, 1.807) is 0 Å². The summed E-state index contributed by atoms with van der Waals surface area (Å²) < 4.78 is 0. The second-order valence-electron chi connectivity index (χ2n) is 6.48. The number of benzene rings is 1. The van der Waals surface area contributed by atoms with Gasteiger partial charge in [0.1, 0.15) is 0 Å². The lowest BCUT2D eigenvalue weighted by molar-refractivity contribution is 0.166. The molecular weight excluding hydrogens is 268 g/mol. The zero-order valence-corrected chi connectivity index (χ0v) is 14.3. The Labute approximate surface area is 129 Å². The van der Waals surface area contributed by atoms with Gasteiger partial charge in [0, 0.05) is 24.2 Å². The molecule has 0 bridgehead atoms. The van der Waals surface area contributed by atoms with Crippen LogP contribution in [-0.2, 0) is 0 Å². The lowest BCUT2D eigenvalue weighted by atomic mass is 9.91. The maximum absolute atomic E-state index is 5.95. The molecule has 1 N–H and O–H groups in total. The van der Waals surface area contributed by atoms with E-state index in [1.807, 2.05) is 12.1 Å². The van der Waals surface area contributed by atoms with Crippen molar-refractivity contribution >= 4 is 11.6 Å².